The number of rotatable bonds is 2. The zero-order valence-electron chi connectivity index (χ0n) is 9.58. The van der Waals surface area contributed by atoms with Crippen molar-refractivity contribution in [1.29, 1.82) is 0 Å². The van der Waals surface area contributed by atoms with E-state index in [1.807, 2.05) is 6.07 Å². The van der Waals surface area contributed by atoms with Crippen molar-refractivity contribution in [3.8, 4) is 0 Å². The molecule has 4 nitrogen and oxygen atoms in total. The molecule has 0 aliphatic carbocycles. The number of benzene rings is 1. The highest BCUT2D eigenvalue weighted by molar-refractivity contribution is 6.31. The third-order valence-electron chi connectivity index (χ3n) is 2.91. The van der Waals surface area contributed by atoms with Crippen LogP contribution in [0.15, 0.2) is 18.2 Å². The van der Waals surface area contributed by atoms with Crippen molar-refractivity contribution in [2.45, 2.75) is 6.42 Å². The Balaban J connectivity index is 2.34. The molecule has 0 saturated carbocycles. The molecule has 5 heteroatoms. The molecule has 0 spiro atoms. The van der Waals surface area contributed by atoms with Crippen molar-refractivity contribution in [2.75, 3.05) is 31.1 Å². The summed E-state index contributed by atoms with van der Waals surface area (Å²) in [7, 11) is 0. The van der Waals surface area contributed by atoms with Crippen LogP contribution in [0.2, 0.25) is 5.02 Å². The summed E-state index contributed by atoms with van der Waals surface area (Å²) in [6.07, 6.45) is 1.05. The van der Waals surface area contributed by atoms with Crippen molar-refractivity contribution < 1.29 is 4.79 Å². The highest BCUT2D eigenvalue weighted by atomic mass is 35.5. The first kappa shape index (κ1) is 12.2. The minimum Gasteiger partial charge on any atom is -0.370 e. The lowest BCUT2D eigenvalue weighted by molar-refractivity contribution is 0.100. The fourth-order valence-electron chi connectivity index (χ4n) is 2.06. The van der Waals surface area contributed by atoms with Crippen LogP contribution in [0.25, 0.3) is 0 Å². The standard InChI is InChI=1S/C12H16ClN3O/c13-9-2-3-10(12(14)17)11(8-9)16-6-1-4-15-5-7-16/h2-3,8,15H,1,4-7H2,(H2,14,17). The van der Waals surface area contributed by atoms with Crippen LogP contribution in [0.4, 0.5) is 5.69 Å². The molecule has 0 bridgehead atoms. The number of amides is 1. The Labute approximate surface area is 106 Å². The van der Waals surface area contributed by atoms with Crippen molar-refractivity contribution in [1.82, 2.24) is 5.32 Å². The quantitative estimate of drug-likeness (QED) is 0.834. The van der Waals surface area contributed by atoms with Gasteiger partial charge in [-0.05, 0) is 31.2 Å². The smallest absolute Gasteiger partial charge is 0.250 e. The lowest BCUT2D eigenvalue weighted by atomic mass is 10.1. The Kier molecular flexibility index (Phi) is 3.86. The molecule has 92 valence electrons. The molecule has 0 aromatic heterocycles. The summed E-state index contributed by atoms with van der Waals surface area (Å²) in [4.78, 5) is 13.6. The van der Waals surface area contributed by atoms with Gasteiger partial charge in [0.2, 0.25) is 0 Å². The molecule has 0 radical (unpaired) electrons. The summed E-state index contributed by atoms with van der Waals surface area (Å²) in [5.74, 6) is -0.408. The van der Waals surface area contributed by atoms with Gasteiger partial charge in [0, 0.05) is 24.7 Å². The van der Waals surface area contributed by atoms with Gasteiger partial charge < -0.3 is 16.0 Å². The Morgan fingerprint density at radius 3 is 2.94 bits per heavy atom. The van der Waals surface area contributed by atoms with E-state index in [0.29, 0.717) is 10.6 Å². The number of hydrogen-bond acceptors (Lipinski definition) is 3. The van der Waals surface area contributed by atoms with Crippen LogP contribution in [0.5, 0.6) is 0 Å². The van der Waals surface area contributed by atoms with Gasteiger partial charge in [-0.1, -0.05) is 11.6 Å². The van der Waals surface area contributed by atoms with Gasteiger partial charge in [0.1, 0.15) is 0 Å². The normalized spacial score (nSPS) is 16.6. The van der Waals surface area contributed by atoms with E-state index in [1.165, 1.54) is 0 Å². The van der Waals surface area contributed by atoms with E-state index in [-0.39, 0.29) is 0 Å². The molecule has 0 atom stereocenters. The fourth-order valence-corrected chi connectivity index (χ4v) is 2.23. The van der Waals surface area contributed by atoms with Gasteiger partial charge in [-0.15, -0.1) is 0 Å². The van der Waals surface area contributed by atoms with Crippen molar-refractivity contribution in [3.05, 3.63) is 28.8 Å². The number of primary amides is 1. The van der Waals surface area contributed by atoms with Crippen LogP contribution in [0.1, 0.15) is 16.8 Å². The summed E-state index contributed by atoms with van der Waals surface area (Å²) < 4.78 is 0. The number of hydrogen-bond donors (Lipinski definition) is 2. The lowest BCUT2D eigenvalue weighted by Gasteiger charge is -2.24. The summed E-state index contributed by atoms with van der Waals surface area (Å²) >= 11 is 5.99. The summed E-state index contributed by atoms with van der Waals surface area (Å²) in [6, 6.07) is 5.20. The molecule has 1 aliphatic rings. The Hall–Kier alpha value is -1.26. The average molecular weight is 254 g/mol. The van der Waals surface area contributed by atoms with E-state index in [2.05, 4.69) is 10.2 Å². The molecule has 17 heavy (non-hydrogen) atoms. The molecule has 1 aliphatic heterocycles. The molecule has 1 amide bonds. The third-order valence-corrected chi connectivity index (χ3v) is 3.14. The second kappa shape index (κ2) is 5.38. The van der Waals surface area contributed by atoms with E-state index in [0.717, 1.165) is 38.3 Å². The number of halogens is 1. The first-order valence-electron chi connectivity index (χ1n) is 5.73. The predicted molar refractivity (Wildman–Crippen MR) is 69.7 cm³/mol. The maximum absolute atomic E-state index is 11.4. The highest BCUT2D eigenvalue weighted by Crippen LogP contribution is 2.25. The van der Waals surface area contributed by atoms with Crippen LogP contribution in [0, 0.1) is 0 Å². The second-order valence-corrected chi connectivity index (χ2v) is 4.55. The Bertz CT molecular complexity index is 414. The number of nitrogens with two attached hydrogens (primary N) is 1. The minimum atomic E-state index is -0.408. The molecule has 1 aromatic rings. The number of carbonyl (C=O) groups is 1. The van der Waals surface area contributed by atoms with Gasteiger partial charge in [-0.3, -0.25) is 4.79 Å². The van der Waals surface area contributed by atoms with Crippen LogP contribution in [-0.4, -0.2) is 32.1 Å². The van der Waals surface area contributed by atoms with Gasteiger partial charge in [0.25, 0.3) is 5.91 Å². The molecular weight excluding hydrogens is 238 g/mol. The van der Waals surface area contributed by atoms with Crippen molar-refractivity contribution >= 4 is 23.2 Å². The van der Waals surface area contributed by atoms with Crippen LogP contribution >= 0.6 is 11.6 Å². The minimum absolute atomic E-state index is 0.408. The third kappa shape index (κ3) is 2.90. The Morgan fingerprint density at radius 1 is 1.35 bits per heavy atom. The lowest BCUT2D eigenvalue weighted by Crippen LogP contribution is -2.30. The van der Waals surface area contributed by atoms with Gasteiger partial charge in [-0.2, -0.15) is 0 Å². The molecule has 1 aromatic carbocycles. The van der Waals surface area contributed by atoms with Gasteiger partial charge in [0.15, 0.2) is 0 Å². The molecule has 1 heterocycles. The summed E-state index contributed by atoms with van der Waals surface area (Å²) in [5.41, 5.74) is 6.77. The summed E-state index contributed by atoms with van der Waals surface area (Å²) in [5, 5.41) is 3.95. The van der Waals surface area contributed by atoms with Crippen molar-refractivity contribution in [3.63, 3.8) is 0 Å². The number of nitrogens with one attached hydrogen (secondary N) is 1. The SMILES string of the molecule is NC(=O)c1ccc(Cl)cc1N1CCCNCC1. The van der Waals surface area contributed by atoms with E-state index in [1.54, 1.807) is 12.1 Å². The number of anilines is 1. The van der Waals surface area contributed by atoms with E-state index in [9.17, 15) is 4.79 Å². The van der Waals surface area contributed by atoms with Crippen molar-refractivity contribution in [2.24, 2.45) is 5.73 Å². The molecule has 0 unspecified atom stereocenters. The largest absolute Gasteiger partial charge is 0.370 e. The fraction of sp³-hybridized carbons (Fsp3) is 0.417. The molecule has 2 rings (SSSR count). The molecule has 3 N–H and O–H groups in total. The first-order chi connectivity index (χ1) is 8.18. The number of carbonyl (C=O) groups excluding carboxylic acids is 1. The second-order valence-electron chi connectivity index (χ2n) is 4.12. The zero-order valence-corrected chi connectivity index (χ0v) is 10.3. The zero-order chi connectivity index (χ0) is 12.3. The topological polar surface area (TPSA) is 58.4 Å². The number of nitrogens with zero attached hydrogens (tertiary/aromatic N) is 1. The average Bonchev–Trinajstić information content (AvgIpc) is 2.56. The van der Waals surface area contributed by atoms with Gasteiger partial charge in [-0.25, -0.2) is 0 Å². The summed E-state index contributed by atoms with van der Waals surface area (Å²) in [6.45, 7) is 3.68. The van der Waals surface area contributed by atoms with E-state index in [4.69, 9.17) is 17.3 Å². The van der Waals surface area contributed by atoms with Crippen LogP contribution < -0.4 is 16.0 Å². The van der Waals surface area contributed by atoms with E-state index >= 15 is 0 Å². The van der Waals surface area contributed by atoms with Crippen LogP contribution in [0.3, 0.4) is 0 Å². The maximum atomic E-state index is 11.4. The molecular formula is C12H16ClN3O. The predicted octanol–water partition coefficient (Wildman–Crippen LogP) is 1.24. The van der Waals surface area contributed by atoms with Gasteiger partial charge in [0.05, 0.1) is 11.3 Å². The maximum Gasteiger partial charge on any atom is 0.250 e. The monoisotopic (exact) mass is 253 g/mol. The van der Waals surface area contributed by atoms with Gasteiger partial charge >= 0.3 is 0 Å². The first-order valence-corrected chi connectivity index (χ1v) is 6.11. The Morgan fingerprint density at radius 2 is 2.18 bits per heavy atom. The molecule has 1 fully saturated rings. The molecule has 1 saturated heterocycles. The van der Waals surface area contributed by atoms with Crippen LogP contribution in [-0.2, 0) is 0 Å². The highest BCUT2D eigenvalue weighted by Gasteiger charge is 2.16. The van der Waals surface area contributed by atoms with E-state index < -0.39 is 5.91 Å².